The molecule has 0 radical (unpaired) electrons. The minimum atomic E-state index is -0.753. The summed E-state index contributed by atoms with van der Waals surface area (Å²) >= 11 is 0. The third-order valence-corrected chi connectivity index (χ3v) is 1.91. The van der Waals surface area contributed by atoms with Crippen LogP contribution in [0.5, 0.6) is 0 Å². The third kappa shape index (κ3) is 0.827. The Morgan fingerprint density at radius 2 is 2.60 bits per heavy atom. The number of carbonyl (C=O) groups excluding carboxylic acids is 1. The van der Waals surface area contributed by atoms with Gasteiger partial charge in [-0.15, -0.1) is 6.58 Å². The summed E-state index contributed by atoms with van der Waals surface area (Å²) in [5.74, 6) is -0.225. The van der Waals surface area contributed by atoms with Crippen LogP contribution >= 0.6 is 0 Å². The Kier molecular flexibility index (Phi) is 1.52. The van der Waals surface area contributed by atoms with Gasteiger partial charge in [0.2, 0.25) is 0 Å². The third-order valence-electron chi connectivity index (χ3n) is 1.91. The van der Waals surface area contributed by atoms with Gasteiger partial charge in [0, 0.05) is 5.92 Å². The number of ether oxygens (including phenoxy) is 1. The van der Waals surface area contributed by atoms with Crippen LogP contribution in [-0.4, -0.2) is 18.6 Å². The van der Waals surface area contributed by atoms with E-state index in [1.807, 2.05) is 0 Å². The van der Waals surface area contributed by atoms with Crippen molar-refractivity contribution in [3.8, 4) is 0 Å². The van der Waals surface area contributed by atoms with Gasteiger partial charge in [-0.3, -0.25) is 4.79 Å². The van der Waals surface area contributed by atoms with E-state index in [1.165, 1.54) is 7.11 Å². The fourth-order valence-corrected chi connectivity index (χ4v) is 1.02. The Morgan fingerprint density at radius 3 is 2.90 bits per heavy atom. The predicted molar refractivity (Wildman–Crippen MR) is 37.2 cm³/mol. The number of hydrogen-bond acceptors (Lipinski definition) is 3. The van der Waals surface area contributed by atoms with Gasteiger partial charge in [0.15, 0.2) is 0 Å². The second-order valence-corrected chi connectivity index (χ2v) is 2.58. The normalized spacial score (nSPS) is 36.8. The molecule has 0 heterocycles. The maximum absolute atomic E-state index is 10.9. The van der Waals surface area contributed by atoms with Crippen LogP contribution in [0.25, 0.3) is 0 Å². The van der Waals surface area contributed by atoms with Crippen LogP contribution in [0, 0.1) is 5.92 Å². The van der Waals surface area contributed by atoms with E-state index >= 15 is 0 Å². The highest BCUT2D eigenvalue weighted by molar-refractivity contribution is 5.85. The summed E-state index contributed by atoms with van der Waals surface area (Å²) in [4.78, 5) is 10.9. The summed E-state index contributed by atoms with van der Waals surface area (Å²) in [6, 6.07) is 0. The zero-order valence-electron chi connectivity index (χ0n) is 5.96. The minimum absolute atomic E-state index is 0.111. The predicted octanol–water partition coefficient (Wildman–Crippen LogP) is 0.0628. The van der Waals surface area contributed by atoms with Crippen molar-refractivity contribution in [2.45, 2.75) is 12.0 Å². The zero-order chi connectivity index (χ0) is 7.78. The highest BCUT2D eigenvalue weighted by Gasteiger charge is 2.56. The topological polar surface area (TPSA) is 52.3 Å². The van der Waals surface area contributed by atoms with Crippen LogP contribution in [0.15, 0.2) is 12.7 Å². The number of rotatable bonds is 2. The molecule has 1 aliphatic rings. The van der Waals surface area contributed by atoms with Gasteiger partial charge < -0.3 is 10.5 Å². The first-order chi connectivity index (χ1) is 4.65. The molecular weight excluding hydrogens is 130 g/mol. The standard InChI is InChI=1S/C7H11NO2/c1-3-5-4-7(5,8)6(9)10-2/h3,5H,1,4,8H2,2H3/t5-,7?/m1/s1. The summed E-state index contributed by atoms with van der Waals surface area (Å²) in [7, 11) is 1.34. The van der Waals surface area contributed by atoms with E-state index in [1.54, 1.807) is 6.08 Å². The second-order valence-electron chi connectivity index (χ2n) is 2.58. The maximum atomic E-state index is 10.9. The molecular formula is C7H11NO2. The molecule has 0 saturated heterocycles. The number of hydrogen-bond donors (Lipinski definition) is 1. The van der Waals surface area contributed by atoms with Crippen LogP contribution in [0.1, 0.15) is 6.42 Å². The highest BCUT2D eigenvalue weighted by atomic mass is 16.5. The Hall–Kier alpha value is -0.830. The molecule has 2 atom stereocenters. The number of nitrogens with two attached hydrogens (primary N) is 1. The molecule has 0 aliphatic heterocycles. The molecule has 0 aromatic heterocycles. The van der Waals surface area contributed by atoms with Gasteiger partial charge in [0.1, 0.15) is 5.54 Å². The number of esters is 1. The van der Waals surface area contributed by atoms with Crippen molar-refractivity contribution in [2.75, 3.05) is 7.11 Å². The smallest absolute Gasteiger partial charge is 0.326 e. The molecule has 0 aromatic carbocycles. The van der Waals surface area contributed by atoms with Crippen molar-refractivity contribution in [1.82, 2.24) is 0 Å². The van der Waals surface area contributed by atoms with Gasteiger partial charge in [-0.05, 0) is 6.42 Å². The minimum Gasteiger partial charge on any atom is -0.468 e. The van der Waals surface area contributed by atoms with E-state index in [0.717, 1.165) is 0 Å². The zero-order valence-corrected chi connectivity index (χ0v) is 5.96. The fourth-order valence-electron chi connectivity index (χ4n) is 1.02. The lowest BCUT2D eigenvalue weighted by Crippen LogP contribution is -2.36. The molecule has 2 N–H and O–H groups in total. The van der Waals surface area contributed by atoms with Crippen LogP contribution in [-0.2, 0) is 9.53 Å². The van der Waals surface area contributed by atoms with Gasteiger partial charge in [-0.2, -0.15) is 0 Å². The molecule has 1 aliphatic carbocycles. The molecule has 0 amide bonds. The Morgan fingerprint density at radius 1 is 2.00 bits per heavy atom. The molecule has 10 heavy (non-hydrogen) atoms. The Bertz CT molecular complexity index is 178. The van der Waals surface area contributed by atoms with Crippen molar-refractivity contribution in [3.05, 3.63) is 12.7 Å². The second kappa shape index (κ2) is 2.09. The molecule has 3 nitrogen and oxygen atoms in total. The maximum Gasteiger partial charge on any atom is 0.326 e. The summed E-state index contributed by atoms with van der Waals surface area (Å²) in [5.41, 5.74) is 4.86. The molecule has 3 heteroatoms. The van der Waals surface area contributed by atoms with E-state index in [2.05, 4.69) is 11.3 Å². The highest BCUT2D eigenvalue weighted by Crippen LogP contribution is 2.42. The molecule has 0 bridgehead atoms. The molecule has 0 spiro atoms. The number of methoxy groups -OCH3 is 1. The summed E-state index contributed by atoms with van der Waals surface area (Å²) in [5, 5.41) is 0. The van der Waals surface area contributed by atoms with Crippen LogP contribution < -0.4 is 5.73 Å². The van der Waals surface area contributed by atoms with E-state index in [0.29, 0.717) is 6.42 Å². The lowest BCUT2D eigenvalue weighted by atomic mass is 10.2. The van der Waals surface area contributed by atoms with Gasteiger partial charge in [0.05, 0.1) is 7.11 Å². The lowest BCUT2D eigenvalue weighted by molar-refractivity contribution is -0.143. The Balaban J connectivity index is 2.58. The van der Waals surface area contributed by atoms with Gasteiger partial charge >= 0.3 is 5.97 Å². The average Bonchev–Trinajstić information content (AvgIpc) is 2.61. The van der Waals surface area contributed by atoms with E-state index in [4.69, 9.17) is 5.73 Å². The first-order valence-electron chi connectivity index (χ1n) is 3.15. The van der Waals surface area contributed by atoms with Crippen LogP contribution in [0.3, 0.4) is 0 Å². The van der Waals surface area contributed by atoms with Gasteiger partial charge in [-0.1, -0.05) is 6.08 Å². The SMILES string of the molecule is C=C[C@@H]1CC1(N)C(=O)OC. The van der Waals surface area contributed by atoms with Crippen molar-refractivity contribution in [2.24, 2.45) is 11.7 Å². The average molecular weight is 141 g/mol. The quantitative estimate of drug-likeness (QED) is 0.437. The molecule has 1 unspecified atom stereocenters. The Labute approximate surface area is 59.8 Å². The fraction of sp³-hybridized carbons (Fsp3) is 0.571. The van der Waals surface area contributed by atoms with Gasteiger partial charge in [-0.25, -0.2) is 0 Å². The monoisotopic (exact) mass is 141 g/mol. The first kappa shape index (κ1) is 7.28. The van der Waals surface area contributed by atoms with Crippen LogP contribution in [0.2, 0.25) is 0 Å². The van der Waals surface area contributed by atoms with Crippen LogP contribution in [0.4, 0.5) is 0 Å². The largest absolute Gasteiger partial charge is 0.468 e. The lowest BCUT2D eigenvalue weighted by Gasteiger charge is -2.05. The van der Waals surface area contributed by atoms with E-state index < -0.39 is 5.54 Å². The summed E-state index contributed by atoms with van der Waals surface area (Å²) < 4.78 is 4.50. The summed E-state index contributed by atoms with van der Waals surface area (Å²) in [6.45, 7) is 3.55. The number of carbonyl (C=O) groups is 1. The summed E-state index contributed by atoms with van der Waals surface area (Å²) in [6.07, 6.45) is 2.36. The van der Waals surface area contributed by atoms with Crippen molar-refractivity contribution < 1.29 is 9.53 Å². The van der Waals surface area contributed by atoms with Crippen molar-refractivity contribution >= 4 is 5.97 Å². The molecule has 0 aromatic rings. The molecule has 1 saturated carbocycles. The van der Waals surface area contributed by atoms with Crippen molar-refractivity contribution in [1.29, 1.82) is 0 Å². The van der Waals surface area contributed by atoms with Crippen molar-refractivity contribution in [3.63, 3.8) is 0 Å². The molecule has 1 rings (SSSR count). The molecule has 56 valence electrons. The molecule has 1 fully saturated rings. The van der Waals surface area contributed by atoms with Gasteiger partial charge in [0.25, 0.3) is 0 Å². The van der Waals surface area contributed by atoms with E-state index in [9.17, 15) is 4.79 Å². The van der Waals surface area contributed by atoms with E-state index in [-0.39, 0.29) is 11.9 Å². The first-order valence-corrected chi connectivity index (χ1v) is 3.15.